The van der Waals surface area contributed by atoms with Gasteiger partial charge in [-0.1, -0.05) is 35.3 Å². The molecule has 0 aliphatic carbocycles. The summed E-state index contributed by atoms with van der Waals surface area (Å²) < 4.78 is 25.4. The van der Waals surface area contributed by atoms with Crippen LogP contribution in [0.3, 0.4) is 0 Å². The summed E-state index contributed by atoms with van der Waals surface area (Å²) in [6.07, 6.45) is 1.09. The maximum Gasteiger partial charge on any atom is 0.248 e. The molecule has 0 bridgehead atoms. The van der Waals surface area contributed by atoms with Crippen LogP contribution in [-0.2, 0) is 16.6 Å². The Morgan fingerprint density at radius 1 is 1.13 bits per heavy atom. The fourth-order valence-electron chi connectivity index (χ4n) is 2.02. The monoisotopic (exact) mass is 372 g/mol. The molecule has 2 N–H and O–H groups in total. The Kier molecular flexibility index (Phi) is 5.19. The first-order chi connectivity index (χ1) is 10.7. The van der Waals surface area contributed by atoms with Crippen molar-refractivity contribution in [1.82, 2.24) is 0 Å². The number of halogens is 2. The van der Waals surface area contributed by atoms with Gasteiger partial charge in [-0.2, -0.15) is 0 Å². The number of primary amides is 1. The molecule has 0 aliphatic rings. The average molecular weight is 373 g/mol. The number of rotatable bonds is 5. The first-order valence-electron chi connectivity index (χ1n) is 6.50. The number of anilines is 1. The number of hydrogen-bond donors (Lipinski definition) is 1. The molecular formula is C15H14Cl2N2O3S. The van der Waals surface area contributed by atoms with Crippen molar-refractivity contribution < 1.29 is 13.2 Å². The topological polar surface area (TPSA) is 80.5 Å². The normalized spacial score (nSPS) is 11.3. The van der Waals surface area contributed by atoms with E-state index in [-0.39, 0.29) is 6.54 Å². The second-order valence-electron chi connectivity index (χ2n) is 4.89. The van der Waals surface area contributed by atoms with Crippen molar-refractivity contribution in [2.75, 3.05) is 10.6 Å². The number of nitrogens with two attached hydrogens (primary N) is 1. The number of carbonyl (C=O) groups excluding carboxylic acids is 1. The summed E-state index contributed by atoms with van der Waals surface area (Å²) in [5.74, 6) is -0.583. The Morgan fingerprint density at radius 3 is 2.26 bits per heavy atom. The maximum absolute atomic E-state index is 12.1. The molecule has 0 heterocycles. The molecule has 0 spiro atoms. The minimum atomic E-state index is -3.56. The van der Waals surface area contributed by atoms with E-state index >= 15 is 0 Å². The highest BCUT2D eigenvalue weighted by molar-refractivity contribution is 7.92. The molecule has 5 nitrogen and oxygen atoms in total. The number of nitrogens with zero attached hydrogens (tertiary/aromatic N) is 1. The lowest BCUT2D eigenvalue weighted by Crippen LogP contribution is -2.29. The highest BCUT2D eigenvalue weighted by atomic mass is 35.5. The van der Waals surface area contributed by atoms with E-state index in [0.29, 0.717) is 26.9 Å². The van der Waals surface area contributed by atoms with Crippen molar-refractivity contribution >= 4 is 44.8 Å². The van der Waals surface area contributed by atoms with Gasteiger partial charge in [0.25, 0.3) is 0 Å². The molecule has 1 amide bonds. The second-order valence-corrected chi connectivity index (χ2v) is 7.59. The van der Waals surface area contributed by atoms with E-state index in [0.717, 1.165) is 6.26 Å². The molecule has 8 heteroatoms. The zero-order valence-corrected chi connectivity index (χ0v) is 14.5. The predicted molar refractivity (Wildman–Crippen MR) is 92.4 cm³/mol. The van der Waals surface area contributed by atoms with Crippen LogP contribution in [0.5, 0.6) is 0 Å². The van der Waals surface area contributed by atoms with Gasteiger partial charge in [0.05, 0.1) is 28.5 Å². The van der Waals surface area contributed by atoms with E-state index in [1.54, 1.807) is 18.2 Å². The van der Waals surface area contributed by atoms with Gasteiger partial charge < -0.3 is 5.73 Å². The Bertz CT molecular complexity index is 836. The molecule has 0 atom stereocenters. The van der Waals surface area contributed by atoms with Crippen molar-refractivity contribution in [2.45, 2.75) is 6.54 Å². The molecule has 0 unspecified atom stereocenters. The van der Waals surface area contributed by atoms with Gasteiger partial charge in [-0.25, -0.2) is 8.42 Å². The molecule has 0 aromatic heterocycles. The highest BCUT2D eigenvalue weighted by Crippen LogP contribution is 2.29. The Hall–Kier alpha value is -1.76. The van der Waals surface area contributed by atoms with Crippen LogP contribution in [0.25, 0.3) is 0 Å². The predicted octanol–water partition coefficient (Wildman–Crippen LogP) is 3.06. The molecule has 2 aromatic rings. The summed E-state index contributed by atoms with van der Waals surface area (Å²) in [4.78, 5) is 11.1. The second kappa shape index (κ2) is 6.78. The SMILES string of the molecule is CS(=O)(=O)N(Cc1cccc(Cl)c1Cl)c1ccc(C(N)=O)cc1. The smallest absolute Gasteiger partial charge is 0.248 e. The van der Waals surface area contributed by atoms with Crippen LogP contribution in [0.4, 0.5) is 5.69 Å². The molecule has 2 rings (SSSR count). The number of carbonyl (C=O) groups is 1. The lowest BCUT2D eigenvalue weighted by Gasteiger charge is -2.23. The minimum absolute atomic E-state index is 0.0220. The molecule has 0 saturated carbocycles. The minimum Gasteiger partial charge on any atom is -0.366 e. The third kappa shape index (κ3) is 4.16. The Labute approximate surface area is 144 Å². The number of benzene rings is 2. The third-order valence-corrected chi connectivity index (χ3v) is 5.18. The zero-order valence-electron chi connectivity index (χ0n) is 12.2. The number of hydrogen-bond acceptors (Lipinski definition) is 3. The van der Waals surface area contributed by atoms with Crippen molar-refractivity contribution in [3.05, 3.63) is 63.6 Å². The quantitative estimate of drug-likeness (QED) is 0.875. The lowest BCUT2D eigenvalue weighted by atomic mass is 10.2. The van der Waals surface area contributed by atoms with Crippen molar-refractivity contribution in [3.63, 3.8) is 0 Å². The van der Waals surface area contributed by atoms with Gasteiger partial charge in [-0.15, -0.1) is 0 Å². The summed E-state index contributed by atoms with van der Waals surface area (Å²) in [6.45, 7) is 0.0220. The molecule has 23 heavy (non-hydrogen) atoms. The van der Waals surface area contributed by atoms with Crippen LogP contribution in [-0.4, -0.2) is 20.6 Å². The Balaban J connectivity index is 2.42. The molecule has 122 valence electrons. The summed E-state index contributed by atoms with van der Waals surface area (Å²) in [5, 5.41) is 0.651. The first kappa shape index (κ1) is 17.6. The van der Waals surface area contributed by atoms with Crippen LogP contribution in [0.2, 0.25) is 10.0 Å². The number of sulfonamides is 1. The molecule has 0 fully saturated rings. The Morgan fingerprint density at radius 2 is 1.74 bits per heavy atom. The summed E-state index contributed by atoms with van der Waals surface area (Å²) in [5.41, 5.74) is 6.45. The molecule has 0 radical (unpaired) electrons. The standard InChI is InChI=1S/C15H14Cl2N2O3S/c1-23(21,22)19(9-11-3-2-4-13(16)14(11)17)12-7-5-10(6-8-12)15(18)20/h2-8H,9H2,1H3,(H2,18,20). The van der Waals surface area contributed by atoms with Gasteiger partial charge in [-0.3, -0.25) is 9.10 Å². The van der Waals surface area contributed by atoms with E-state index < -0.39 is 15.9 Å². The van der Waals surface area contributed by atoms with Gasteiger partial charge in [0.15, 0.2) is 0 Å². The van der Waals surface area contributed by atoms with E-state index in [9.17, 15) is 13.2 Å². The van der Waals surface area contributed by atoms with Gasteiger partial charge in [-0.05, 0) is 35.9 Å². The molecule has 0 saturated heterocycles. The fourth-order valence-corrected chi connectivity index (χ4v) is 3.28. The first-order valence-corrected chi connectivity index (χ1v) is 9.11. The van der Waals surface area contributed by atoms with Crippen LogP contribution < -0.4 is 10.0 Å². The fraction of sp³-hybridized carbons (Fsp3) is 0.133. The van der Waals surface area contributed by atoms with Gasteiger partial charge in [0.2, 0.25) is 15.9 Å². The van der Waals surface area contributed by atoms with Crippen molar-refractivity contribution in [2.24, 2.45) is 5.73 Å². The average Bonchev–Trinajstić information content (AvgIpc) is 2.47. The van der Waals surface area contributed by atoms with E-state index in [4.69, 9.17) is 28.9 Å². The van der Waals surface area contributed by atoms with Crippen LogP contribution in [0.15, 0.2) is 42.5 Å². The third-order valence-electron chi connectivity index (χ3n) is 3.19. The van der Waals surface area contributed by atoms with Gasteiger partial charge >= 0.3 is 0 Å². The van der Waals surface area contributed by atoms with E-state index in [1.807, 2.05) is 0 Å². The van der Waals surface area contributed by atoms with Crippen molar-refractivity contribution in [1.29, 1.82) is 0 Å². The number of amides is 1. The highest BCUT2D eigenvalue weighted by Gasteiger charge is 2.20. The van der Waals surface area contributed by atoms with Gasteiger partial charge in [0.1, 0.15) is 0 Å². The largest absolute Gasteiger partial charge is 0.366 e. The van der Waals surface area contributed by atoms with Crippen LogP contribution in [0.1, 0.15) is 15.9 Å². The molecule has 0 aliphatic heterocycles. The summed E-state index contributed by atoms with van der Waals surface area (Å²) in [6, 6.07) is 11.0. The van der Waals surface area contributed by atoms with Crippen LogP contribution >= 0.6 is 23.2 Å². The van der Waals surface area contributed by atoms with E-state index in [1.165, 1.54) is 28.6 Å². The van der Waals surface area contributed by atoms with E-state index in [2.05, 4.69) is 0 Å². The van der Waals surface area contributed by atoms with Gasteiger partial charge in [0, 0.05) is 5.56 Å². The summed E-state index contributed by atoms with van der Waals surface area (Å²) >= 11 is 12.1. The molecular weight excluding hydrogens is 359 g/mol. The lowest BCUT2D eigenvalue weighted by molar-refractivity contribution is 0.100. The van der Waals surface area contributed by atoms with Crippen molar-refractivity contribution in [3.8, 4) is 0 Å². The molecule has 2 aromatic carbocycles. The van der Waals surface area contributed by atoms with Crippen LogP contribution in [0, 0.1) is 0 Å². The zero-order chi connectivity index (χ0) is 17.2. The maximum atomic E-state index is 12.1. The summed E-state index contributed by atoms with van der Waals surface area (Å²) in [7, 11) is -3.56.